The molecule has 0 radical (unpaired) electrons. The summed E-state index contributed by atoms with van der Waals surface area (Å²) in [6, 6.07) is 0.0821. The summed E-state index contributed by atoms with van der Waals surface area (Å²) < 4.78 is 2.01. The number of rotatable bonds is 3. The lowest BCUT2D eigenvalue weighted by Gasteiger charge is -2.31. The van der Waals surface area contributed by atoms with Crippen molar-refractivity contribution in [3.8, 4) is 0 Å². The molecule has 1 aromatic rings. The zero-order chi connectivity index (χ0) is 13.2. The maximum atomic E-state index is 6.07. The molecule has 1 aromatic heterocycles. The van der Waals surface area contributed by atoms with E-state index in [1.807, 2.05) is 4.68 Å². The van der Waals surface area contributed by atoms with Gasteiger partial charge >= 0.3 is 0 Å². The molecular formula is C13H24N6. The summed E-state index contributed by atoms with van der Waals surface area (Å²) in [4.78, 5) is 9.50. The second kappa shape index (κ2) is 5.56. The SMILES string of the molecule is CN1CCN(CCc2nc3n(n2)CCCC3N)CC1. The number of hydrogen-bond donors (Lipinski definition) is 1. The van der Waals surface area contributed by atoms with Crippen LogP contribution in [0.25, 0.3) is 0 Å². The molecule has 1 fully saturated rings. The Hall–Kier alpha value is -0.980. The van der Waals surface area contributed by atoms with Crippen LogP contribution in [0.5, 0.6) is 0 Å². The van der Waals surface area contributed by atoms with E-state index in [1.165, 1.54) is 0 Å². The molecule has 0 aliphatic carbocycles. The first-order valence-electron chi connectivity index (χ1n) is 7.32. The molecule has 2 aliphatic heterocycles. The van der Waals surface area contributed by atoms with Crippen LogP contribution in [0.15, 0.2) is 0 Å². The number of nitrogens with two attached hydrogens (primary N) is 1. The minimum Gasteiger partial charge on any atom is -0.321 e. The highest BCUT2D eigenvalue weighted by Crippen LogP contribution is 2.20. The van der Waals surface area contributed by atoms with E-state index in [1.54, 1.807) is 0 Å². The fourth-order valence-corrected chi connectivity index (χ4v) is 2.87. The first-order valence-corrected chi connectivity index (χ1v) is 7.32. The Kier molecular flexibility index (Phi) is 3.81. The Morgan fingerprint density at radius 2 is 2.00 bits per heavy atom. The second-order valence-electron chi connectivity index (χ2n) is 5.75. The molecule has 0 saturated carbocycles. The van der Waals surface area contributed by atoms with Crippen LogP contribution in [0.1, 0.15) is 30.5 Å². The smallest absolute Gasteiger partial charge is 0.152 e. The van der Waals surface area contributed by atoms with E-state index < -0.39 is 0 Å². The lowest BCUT2D eigenvalue weighted by Crippen LogP contribution is -2.45. The molecule has 1 saturated heterocycles. The Morgan fingerprint density at radius 1 is 1.21 bits per heavy atom. The van der Waals surface area contributed by atoms with Gasteiger partial charge in [0.15, 0.2) is 5.82 Å². The molecule has 2 aliphatic rings. The van der Waals surface area contributed by atoms with Crippen LogP contribution in [-0.2, 0) is 13.0 Å². The van der Waals surface area contributed by atoms with Crippen molar-refractivity contribution < 1.29 is 0 Å². The van der Waals surface area contributed by atoms with E-state index in [4.69, 9.17) is 5.73 Å². The van der Waals surface area contributed by atoms with Gasteiger partial charge in [0.2, 0.25) is 0 Å². The van der Waals surface area contributed by atoms with Crippen molar-refractivity contribution in [2.24, 2.45) is 5.73 Å². The minimum absolute atomic E-state index is 0.0821. The fraction of sp³-hybridized carbons (Fsp3) is 0.846. The van der Waals surface area contributed by atoms with Crippen molar-refractivity contribution in [2.75, 3.05) is 39.8 Å². The normalized spacial score (nSPS) is 25.5. The summed E-state index contributed by atoms with van der Waals surface area (Å²) >= 11 is 0. The van der Waals surface area contributed by atoms with Gasteiger partial charge in [0.25, 0.3) is 0 Å². The van der Waals surface area contributed by atoms with Crippen LogP contribution in [0, 0.1) is 0 Å². The third-order valence-electron chi connectivity index (χ3n) is 4.21. The van der Waals surface area contributed by atoms with Crippen molar-refractivity contribution in [2.45, 2.75) is 31.8 Å². The standard InChI is InChI=1S/C13H24N6/c1-17-7-9-18(10-8-17)6-4-12-15-13-11(14)3-2-5-19(13)16-12/h11H,2-10,14H2,1H3. The summed E-state index contributed by atoms with van der Waals surface area (Å²) in [5, 5.41) is 4.59. The average Bonchev–Trinajstić information content (AvgIpc) is 2.83. The van der Waals surface area contributed by atoms with Gasteiger partial charge in [-0.05, 0) is 19.9 Å². The van der Waals surface area contributed by atoms with E-state index in [0.29, 0.717) is 0 Å². The van der Waals surface area contributed by atoms with Crippen LogP contribution in [0.4, 0.5) is 0 Å². The number of nitrogens with zero attached hydrogens (tertiary/aromatic N) is 5. The van der Waals surface area contributed by atoms with Crippen LogP contribution >= 0.6 is 0 Å². The van der Waals surface area contributed by atoms with Gasteiger partial charge in [-0.15, -0.1) is 0 Å². The topological polar surface area (TPSA) is 63.2 Å². The highest BCUT2D eigenvalue weighted by Gasteiger charge is 2.21. The van der Waals surface area contributed by atoms with Crippen molar-refractivity contribution in [3.05, 3.63) is 11.6 Å². The summed E-state index contributed by atoms with van der Waals surface area (Å²) in [5.74, 6) is 1.95. The molecule has 3 rings (SSSR count). The monoisotopic (exact) mass is 264 g/mol. The molecule has 0 bridgehead atoms. The molecule has 1 atom stereocenters. The molecule has 2 N–H and O–H groups in total. The molecule has 0 amide bonds. The zero-order valence-corrected chi connectivity index (χ0v) is 11.8. The first kappa shape index (κ1) is 13.0. The summed E-state index contributed by atoms with van der Waals surface area (Å²) in [6.07, 6.45) is 3.10. The Morgan fingerprint density at radius 3 is 2.74 bits per heavy atom. The molecule has 106 valence electrons. The quantitative estimate of drug-likeness (QED) is 0.823. The maximum absolute atomic E-state index is 6.07. The van der Waals surface area contributed by atoms with Gasteiger partial charge < -0.3 is 15.5 Å². The van der Waals surface area contributed by atoms with Gasteiger partial charge in [-0.25, -0.2) is 9.67 Å². The Balaban J connectivity index is 1.56. The van der Waals surface area contributed by atoms with Crippen LogP contribution in [-0.4, -0.2) is 64.3 Å². The van der Waals surface area contributed by atoms with Gasteiger partial charge in [0, 0.05) is 45.7 Å². The number of hydrogen-bond acceptors (Lipinski definition) is 5. The molecule has 3 heterocycles. The van der Waals surface area contributed by atoms with Crippen LogP contribution in [0.2, 0.25) is 0 Å². The number of piperazine rings is 1. The average molecular weight is 264 g/mol. The van der Waals surface area contributed by atoms with Crippen molar-refractivity contribution in [3.63, 3.8) is 0 Å². The van der Waals surface area contributed by atoms with Gasteiger partial charge in [0.05, 0.1) is 6.04 Å². The predicted octanol–water partition coefficient (Wildman–Crippen LogP) is -0.138. The summed E-state index contributed by atoms with van der Waals surface area (Å²) in [5.41, 5.74) is 6.07. The van der Waals surface area contributed by atoms with Crippen LogP contribution < -0.4 is 5.73 Å². The van der Waals surface area contributed by atoms with E-state index in [-0.39, 0.29) is 6.04 Å². The molecule has 0 spiro atoms. The maximum Gasteiger partial charge on any atom is 0.152 e. The van der Waals surface area contributed by atoms with Gasteiger partial charge in [-0.3, -0.25) is 0 Å². The lowest BCUT2D eigenvalue weighted by atomic mass is 10.1. The van der Waals surface area contributed by atoms with Gasteiger partial charge in [-0.1, -0.05) is 0 Å². The molecular weight excluding hydrogens is 240 g/mol. The molecule has 19 heavy (non-hydrogen) atoms. The van der Waals surface area contributed by atoms with Gasteiger partial charge in [0.1, 0.15) is 5.82 Å². The number of aromatic nitrogens is 3. The van der Waals surface area contributed by atoms with E-state index in [2.05, 4.69) is 26.9 Å². The molecule has 6 heteroatoms. The number of aryl methyl sites for hydroxylation is 1. The van der Waals surface area contributed by atoms with Crippen molar-refractivity contribution in [1.29, 1.82) is 0 Å². The number of fused-ring (bicyclic) bond motifs is 1. The third kappa shape index (κ3) is 2.96. The van der Waals surface area contributed by atoms with Crippen LogP contribution in [0.3, 0.4) is 0 Å². The van der Waals surface area contributed by atoms with E-state index >= 15 is 0 Å². The Labute approximate surface area is 114 Å². The summed E-state index contributed by atoms with van der Waals surface area (Å²) in [7, 11) is 2.18. The van der Waals surface area contributed by atoms with Crippen molar-refractivity contribution >= 4 is 0 Å². The molecule has 1 unspecified atom stereocenters. The van der Waals surface area contributed by atoms with E-state index in [0.717, 1.165) is 70.2 Å². The Bertz CT molecular complexity index is 421. The molecule has 0 aromatic carbocycles. The lowest BCUT2D eigenvalue weighted by molar-refractivity contribution is 0.155. The second-order valence-corrected chi connectivity index (χ2v) is 5.75. The highest BCUT2D eigenvalue weighted by molar-refractivity contribution is 5.01. The van der Waals surface area contributed by atoms with Crippen molar-refractivity contribution in [1.82, 2.24) is 24.6 Å². The molecule has 6 nitrogen and oxygen atoms in total. The fourth-order valence-electron chi connectivity index (χ4n) is 2.87. The minimum atomic E-state index is 0.0821. The summed E-state index contributed by atoms with van der Waals surface area (Å²) in [6.45, 7) is 6.68. The number of likely N-dealkylation sites (N-methyl/N-ethyl adjacent to an activating group) is 1. The first-order chi connectivity index (χ1) is 9.22. The van der Waals surface area contributed by atoms with E-state index in [9.17, 15) is 0 Å². The zero-order valence-electron chi connectivity index (χ0n) is 11.8. The van der Waals surface area contributed by atoms with Gasteiger partial charge in [-0.2, -0.15) is 5.10 Å². The predicted molar refractivity (Wildman–Crippen MR) is 73.8 cm³/mol. The largest absolute Gasteiger partial charge is 0.321 e. The third-order valence-corrected chi connectivity index (χ3v) is 4.21. The highest BCUT2D eigenvalue weighted by atomic mass is 15.4.